The zero-order valence-corrected chi connectivity index (χ0v) is 15.8. The van der Waals surface area contributed by atoms with Crippen LogP contribution in [0, 0.1) is 10.1 Å². The highest BCUT2D eigenvalue weighted by atomic mass is 32.2. The van der Waals surface area contributed by atoms with Crippen molar-refractivity contribution in [2.45, 2.75) is 31.8 Å². The molecule has 148 valence electrons. The number of benzene rings is 1. The Bertz CT molecular complexity index is 900. The van der Waals surface area contributed by atoms with Crippen LogP contribution in [0.5, 0.6) is 0 Å². The fraction of sp³-hybridized carbons (Fsp3) is 0.353. The smallest absolute Gasteiger partial charge is 0.311 e. The maximum atomic E-state index is 11.9. The Balaban J connectivity index is 1.93. The van der Waals surface area contributed by atoms with E-state index in [1.165, 1.54) is 23.9 Å². The molecule has 1 atom stereocenters. The Morgan fingerprint density at radius 3 is 2.89 bits per heavy atom. The van der Waals surface area contributed by atoms with Gasteiger partial charge in [0.25, 0.3) is 11.6 Å². The number of nitrogens with zero attached hydrogens (tertiary/aromatic N) is 2. The number of carbonyl (C=O) groups is 3. The zero-order chi connectivity index (χ0) is 20.4. The first-order valence-electron chi connectivity index (χ1n) is 8.46. The number of esters is 1. The average molecular weight is 406 g/mol. The summed E-state index contributed by atoms with van der Waals surface area (Å²) in [4.78, 5) is 47.8. The molecule has 10 nitrogen and oxygen atoms in total. The van der Waals surface area contributed by atoms with Gasteiger partial charge in [0.15, 0.2) is 0 Å². The lowest BCUT2D eigenvalue weighted by atomic mass is 9.95. The fourth-order valence-electron chi connectivity index (χ4n) is 3.05. The second-order valence-corrected chi connectivity index (χ2v) is 7.18. The third kappa shape index (κ3) is 3.99. The minimum absolute atomic E-state index is 0.0152. The number of fused-ring (bicyclic) bond motifs is 1. The highest BCUT2D eigenvalue weighted by Gasteiger charge is 2.31. The van der Waals surface area contributed by atoms with Crippen LogP contribution < -0.4 is 11.1 Å². The van der Waals surface area contributed by atoms with Crippen molar-refractivity contribution in [1.29, 1.82) is 0 Å². The standard InChI is InChI=1S/C17H18N4O6S/c1-2-27-15(23)5-11-8-28-17(18)20(11)7-9-3-10(21(25)26)4-13-12(9)6-14(22)16(24)19-13/h3-4,8,17H,2,5-7,18H2,1H3,(H,19,24). The molecule has 1 aromatic carbocycles. The molecule has 0 saturated carbocycles. The van der Waals surface area contributed by atoms with E-state index in [1.807, 2.05) is 0 Å². The number of carbonyl (C=O) groups excluding carboxylic acids is 3. The lowest BCUT2D eigenvalue weighted by molar-refractivity contribution is -0.384. The first kappa shape index (κ1) is 19.8. The average Bonchev–Trinajstić information content (AvgIpc) is 2.96. The van der Waals surface area contributed by atoms with E-state index >= 15 is 0 Å². The van der Waals surface area contributed by atoms with E-state index in [-0.39, 0.29) is 37.4 Å². The normalized spacial score (nSPS) is 18.4. The van der Waals surface area contributed by atoms with E-state index in [9.17, 15) is 24.5 Å². The van der Waals surface area contributed by atoms with E-state index in [2.05, 4.69) is 5.32 Å². The second-order valence-electron chi connectivity index (χ2n) is 6.19. The molecule has 0 saturated heterocycles. The van der Waals surface area contributed by atoms with Gasteiger partial charge in [0.2, 0.25) is 5.78 Å². The van der Waals surface area contributed by atoms with Crippen molar-refractivity contribution in [2.75, 3.05) is 11.9 Å². The van der Waals surface area contributed by atoms with Crippen LogP contribution in [0.2, 0.25) is 0 Å². The second kappa shape index (κ2) is 7.98. The first-order chi connectivity index (χ1) is 13.3. The Morgan fingerprint density at radius 2 is 2.21 bits per heavy atom. The number of amides is 1. The van der Waals surface area contributed by atoms with Crippen LogP contribution in [0.25, 0.3) is 0 Å². The van der Waals surface area contributed by atoms with Gasteiger partial charge >= 0.3 is 5.97 Å². The molecular formula is C17H18N4O6S. The number of anilines is 1. The number of Topliss-reactive ketones (excluding diaryl/α,β-unsaturated/α-hetero) is 1. The predicted molar refractivity (Wildman–Crippen MR) is 101 cm³/mol. The van der Waals surface area contributed by atoms with Gasteiger partial charge in [-0.25, -0.2) is 0 Å². The van der Waals surface area contributed by atoms with Gasteiger partial charge in [0.05, 0.1) is 23.6 Å². The number of nitrogens with two attached hydrogens (primary N) is 1. The van der Waals surface area contributed by atoms with Crippen LogP contribution in [-0.4, -0.2) is 39.6 Å². The Kier molecular flexibility index (Phi) is 5.66. The fourth-order valence-corrected chi connectivity index (χ4v) is 3.92. The molecule has 1 unspecified atom stereocenters. The van der Waals surface area contributed by atoms with Crippen LogP contribution in [0.15, 0.2) is 23.2 Å². The van der Waals surface area contributed by atoms with Gasteiger partial charge in [-0.3, -0.25) is 24.5 Å². The van der Waals surface area contributed by atoms with Crippen molar-refractivity contribution < 1.29 is 24.0 Å². The number of thioether (sulfide) groups is 1. The van der Waals surface area contributed by atoms with Crippen LogP contribution in [0.1, 0.15) is 24.5 Å². The minimum atomic E-state index is -0.796. The molecule has 2 aliphatic rings. The van der Waals surface area contributed by atoms with Crippen molar-refractivity contribution >= 4 is 40.8 Å². The molecule has 1 amide bonds. The van der Waals surface area contributed by atoms with E-state index in [1.54, 1.807) is 17.2 Å². The largest absolute Gasteiger partial charge is 0.466 e. The molecule has 0 bridgehead atoms. The molecule has 2 heterocycles. The van der Waals surface area contributed by atoms with Crippen LogP contribution in [0.4, 0.5) is 11.4 Å². The maximum Gasteiger partial charge on any atom is 0.311 e. The molecule has 0 fully saturated rings. The summed E-state index contributed by atoms with van der Waals surface area (Å²) in [6.07, 6.45) is -0.136. The third-order valence-electron chi connectivity index (χ3n) is 4.37. The number of nitro groups is 1. The quantitative estimate of drug-likeness (QED) is 0.308. The van der Waals surface area contributed by atoms with Gasteiger partial charge in [0.1, 0.15) is 5.50 Å². The Morgan fingerprint density at radius 1 is 1.46 bits per heavy atom. The Labute approximate surface area is 164 Å². The van der Waals surface area contributed by atoms with Crippen molar-refractivity contribution in [1.82, 2.24) is 4.90 Å². The molecule has 0 aromatic heterocycles. The molecule has 3 rings (SSSR count). The van der Waals surface area contributed by atoms with Gasteiger partial charge in [-0.15, -0.1) is 0 Å². The van der Waals surface area contributed by atoms with E-state index < -0.39 is 28.1 Å². The van der Waals surface area contributed by atoms with Crippen LogP contribution >= 0.6 is 11.8 Å². The van der Waals surface area contributed by atoms with Crippen molar-refractivity contribution in [2.24, 2.45) is 5.73 Å². The summed E-state index contributed by atoms with van der Waals surface area (Å²) in [5.74, 6) is -1.82. The molecule has 11 heteroatoms. The topological polar surface area (TPSA) is 145 Å². The van der Waals surface area contributed by atoms with E-state index in [0.29, 0.717) is 16.8 Å². The number of rotatable bonds is 6. The van der Waals surface area contributed by atoms with Gasteiger partial charge in [-0.05, 0) is 23.5 Å². The molecule has 0 aliphatic carbocycles. The number of non-ortho nitro benzene ring substituents is 1. The summed E-state index contributed by atoms with van der Waals surface area (Å²) >= 11 is 1.30. The third-order valence-corrected chi connectivity index (χ3v) is 5.31. The highest BCUT2D eigenvalue weighted by molar-refractivity contribution is 8.02. The summed E-state index contributed by atoms with van der Waals surface area (Å²) in [5.41, 5.74) is 7.27. The maximum absolute atomic E-state index is 11.9. The molecular weight excluding hydrogens is 388 g/mol. The summed E-state index contributed by atoms with van der Waals surface area (Å²) in [6, 6.07) is 2.60. The number of hydrogen-bond acceptors (Lipinski definition) is 9. The number of ether oxygens (including phenoxy) is 1. The molecule has 0 radical (unpaired) electrons. The first-order valence-corrected chi connectivity index (χ1v) is 9.41. The number of ketones is 1. The van der Waals surface area contributed by atoms with Crippen molar-refractivity contribution in [3.8, 4) is 0 Å². The summed E-state index contributed by atoms with van der Waals surface area (Å²) < 4.78 is 4.97. The van der Waals surface area contributed by atoms with Crippen LogP contribution in [0.3, 0.4) is 0 Å². The van der Waals surface area contributed by atoms with Crippen molar-refractivity contribution in [3.05, 3.63) is 44.5 Å². The van der Waals surface area contributed by atoms with Crippen LogP contribution in [-0.2, 0) is 32.1 Å². The summed E-state index contributed by atoms with van der Waals surface area (Å²) in [6.45, 7) is 2.11. The molecule has 1 aromatic rings. The molecule has 0 spiro atoms. The molecule has 28 heavy (non-hydrogen) atoms. The van der Waals surface area contributed by atoms with Gasteiger partial charge < -0.3 is 20.7 Å². The highest BCUT2D eigenvalue weighted by Crippen LogP contribution is 2.35. The number of nitrogens with one attached hydrogen (secondary N) is 1. The molecule has 2 aliphatic heterocycles. The van der Waals surface area contributed by atoms with Gasteiger partial charge in [-0.2, -0.15) is 0 Å². The lowest BCUT2D eigenvalue weighted by Gasteiger charge is -2.28. The lowest BCUT2D eigenvalue weighted by Crippen LogP contribution is -2.36. The van der Waals surface area contributed by atoms with E-state index in [0.717, 1.165) is 0 Å². The number of nitro benzene ring substituents is 1. The van der Waals surface area contributed by atoms with E-state index in [4.69, 9.17) is 10.5 Å². The molecule has 3 N–H and O–H groups in total. The predicted octanol–water partition coefficient (Wildman–Crippen LogP) is 1.24. The number of hydrogen-bond donors (Lipinski definition) is 2. The SMILES string of the molecule is CCOC(=O)CC1=CSC(N)N1Cc1cc([N+](=O)[O-])cc2c1CC(=O)C(=O)N2. The zero-order valence-electron chi connectivity index (χ0n) is 15.0. The Hall–Kier alpha value is -2.92. The van der Waals surface area contributed by atoms with Gasteiger partial charge in [-0.1, -0.05) is 11.8 Å². The monoisotopic (exact) mass is 406 g/mol. The summed E-state index contributed by atoms with van der Waals surface area (Å²) in [7, 11) is 0. The van der Waals surface area contributed by atoms with Crippen molar-refractivity contribution in [3.63, 3.8) is 0 Å². The summed E-state index contributed by atoms with van der Waals surface area (Å²) in [5, 5.41) is 15.4. The minimum Gasteiger partial charge on any atom is -0.466 e. The van der Waals surface area contributed by atoms with Gasteiger partial charge in [0, 0.05) is 30.8 Å².